The van der Waals surface area contributed by atoms with E-state index in [1.54, 1.807) is 29.7 Å². The summed E-state index contributed by atoms with van der Waals surface area (Å²) in [4.78, 5) is 17.4. The van der Waals surface area contributed by atoms with E-state index < -0.39 is 5.91 Å². The molecule has 0 aliphatic heterocycles. The highest BCUT2D eigenvalue weighted by atomic mass is 35.5. The standard InChI is InChI=1S/C17H12Cl2N4O2S/c1-9-5-12(14(25-2)7-11(9)18)21-16(24)10(8-20)6-13-15(19)22-17-23(13)3-4-26-17/h3-7H,1-2H3,(H,21,24)/b10-6+. The lowest BCUT2D eigenvalue weighted by Crippen LogP contribution is -2.14. The first-order valence-corrected chi connectivity index (χ1v) is 8.96. The topological polar surface area (TPSA) is 79.4 Å². The highest BCUT2D eigenvalue weighted by Gasteiger charge is 2.17. The van der Waals surface area contributed by atoms with Crippen molar-refractivity contribution in [1.29, 1.82) is 5.26 Å². The normalized spacial score (nSPS) is 11.4. The van der Waals surface area contributed by atoms with Crippen molar-refractivity contribution in [2.75, 3.05) is 12.4 Å². The maximum Gasteiger partial charge on any atom is 0.266 e. The lowest BCUT2D eigenvalue weighted by Gasteiger charge is -2.12. The number of aryl methyl sites for hydroxylation is 1. The average Bonchev–Trinajstić information content (AvgIpc) is 3.16. The van der Waals surface area contributed by atoms with E-state index in [1.807, 2.05) is 11.4 Å². The number of anilines is 1. The molecule has 0 radical (unpaired) electrons. The Hall–Kier alpha value is -2.53. The number of fused-ring (bicyclic) bond motifs is 1. The Bertz CT molecular complexity index is 1080. The van der Waals surface area contributed by atoms with Gasteiger partial charge in [-0.2, -0.15) is 5.26 Å². The number of halogens is 2. The minimum Gasteiger partial charge on any atom is -0.495 e. The number of aromatic nitrogens is 2. The zero-order valence-corrected chi connectivity index (χ0v) is 16.0. The summed E-state index contributed by atoms with van der Waals surface area (Å²) < 4.78 is 6.95. The number of hydrogen-bond acceptors (Lipinski definition) is 5. The summed E-state index contributed by atoms with van der Waals surface area (Å²) in [6.45, 7) is 1.80. The van der Waals surface area contributed by atoms with Gasteiger partial charge in [-0.05, 0) is 24.6 Å². The first-order valence-electron chi connectivity index (χ1n) is 7.33. The van der Waals surface area contributed by atoms with Crippen LogP contribution < -0.4 is 10.1 Å². The van der Waals surface area contributed by atoms with E-state index >= 15 is 0 Å². The summed E-state index contributed by atoms with van der Waals surface area (Å²) in [5.74, 6) is -0.192. The summed E-state index contributed by atoms with van der Waals surface area (Å²) in [5, 5.41) is 14.7. The van der Waals surface area contributed by atoms with Gasteiger partial charge in [-0.1, -0.05) is 23.2 Å². The van der Waals surface area contributed by atoms with Gasteiger partial charge in [-0.25, -0.2) is 4.98 Å². The molecule has 1 amide bonds. The number of carbonyl (C=O) groups is 1. The molecule has 0 saturated carbocycles. The fraction of sp³-hybridized carbons (Fsp3) is 0.118. The molecular weight excluding hydrogens is 395 g/mol. The second-order valence-electron chi connectivity index (χ2n) is 5.27. The highest BCUT2D eigenvalue weighted by molar-refractivity contribution is 7.15. The number of nitriles is 1. The van der Waals surface area contributed by atoms with Gasteiger partial charge in [0.15, 0.2) is 10.1 Å². The maximum absolute atomic E-state index is 12.6. The van der Waals surface area contributed by atoms with Crippen molar-refractivity contribution in [1.82, 2.24) is 9.38 Å². The number of carbonyl (C=O) groups excluding carboxylic acids is 1. The maximum atomic E-state index is 12.6. The van der Waals surface area contributed by atoms with E-state index in [9.17, 15) is 10.1 Å². The monoisotopic (exact) mass is 406 g/mol. The zero-order valence-electron chi connectivity index (χ0n) is 13.7. The number of imidazole rings is 1. The van der Waals surface area contributed by atoms with Crippen LogP contribution in [0.2, 0.25) is 10.2 Å². The van der Waals surface area contributed by atoms with Gasteiger partial charge in [0.1, 0.15) is 17.4 Å². The van der Waals surface area contributed by atoms with Gasteiger partial charge < -0.3 is 10.1 Å². The number of benzene rings is 1. The second-order valence-corrected chi connectivity index (χ2v) is 6.91. The van der Waals surface area contributed by atoms with Crippen LogP contribution in [-0.2, 0) is 4.79 Å². The molecule has 0 spiro atoms. The summed E-state index contributed by atoms with van der Waals surface area (Å²) in [7, 11) is 1.47. The molecule has 26 heavy (non-hydrogen) atoms. The Morgan fingerprint density at radius 3 is 2.92 bits per heavy atom. The summed E-state index contributed by atoms with van der Waals surface area (Å²) in [5.41, 5.74) is 1.54. The van der Waals surface area contributed by atoms with Crippen LogP contribution >= 0.6 is 34.5 Å². The minimum absolute atomic E-state index is 0.116. The molecule has 0 saturated heterocycles. The Labute approximate surface area is 163 Å². The first kappa shape index (κ1) is 18.3. The SMILES string of the molecule is COc1cc(Cl)c(C)cc1NC(=O)/C(C#N)=C/c1c(Cl)nc2sccn12. The van der Waals surface area contributed by atoms with Crippen LogP contribution in [0.5, 0.6) is 5.75 Å². The number of thiazole rings is 1. The third-order valence-electron chi connectivity index (χ3n) is 3.63. The van der Waals surface area contributed by atoms with Crippen molar-refractivity contribution in [3.63, 3.8) is 0 Å². The van der Waals surface area contributed by atoms with Gasteiger partial charge in [0.05, 0.1) is 18.5 Å². The van der Waals surface area contributed by atoms with Crippen LogP contribution in [0.3, 0.4) is 0 Å². The van der Waals surface area contributed by atoms with Crippen molar-refractivity contribution in [3.05, 3.63) is 50.7 Å². The van der Waals surface area contributed by atoms with Gasteiger partial charge in [-0.3, -0.25) is 9.20 Å². The number of ether oxygens (including phenoxy) is 1. The molecule has 1 N–H and O–H groups in total. The summed E-state index contributed by atoms with van der Waals surface area (Å²) in [6, 6.07) is 5.17. The van der Waals surface area contributed by atoms with Crippen molar-refractivity contribution in [2.24, 2.45) is 0 Å². The van der Waals surface area contributed by atoms with Crippen molar-refractivity contribution < 1.29 is 9.53 Å². The molecule has 6 nitrogen and oxygen atoms in total. The molecule has 0 aliphatic rings. The number of nitrogens with one attached hydrogen (secondary N) is 1. The predicted molar refractivity (Wildman–Crippen MR) is 103 cm³/mol. The first-order chi connectivity index (χ1) is 12.4. The molecule has 3 rings (SSSR count). The highest BCUT2D eigenvalue weighted by Crippen LogP contribution is 2.31. The van der Waals surface area contributed by atoms with Gasteiger partial charge >= 0.3 is 0 Å². The predicted octanol–water partition coefficient (Wildman–Crippen LogP) is 4.57. The van der Waals surface area contributed by atoms with Crippen LogP contribution in [0.15, 0.2) is 29.3 Å². The number of rotatable bonds is 4. The van der Waals surface area contributed by atoms with E-state index in [0.717, 1.165) is 5.56 Å². The minimum atomic E-state index is -0.589. The molecule has 0 atom stereocenters. The Morgan fingerprint density at radius 1 is 1.46 bits per heavy atom. The number of nitrogens with zero attached hydrogens (tertiary/aromatic N) is 3. The zero-order chi connectivity index (χ0) is 18.8. The molecule has 0 fully saturated rings. The van der Waals surface area contributed by atoms with E-state index in [0.29, 0.717) is 27.1 Å². The van der Waals surface area contributed by atoms with E-state index in [4.69, 9.17) is 27.9 Å². The lowest BCUT2D eigenvalue weighted by molar-refractivity contribution is -0.112. The van der Waals surface area contributed by atoms with Crippen molar-refractivity contribution >= 4 is 57.2 Å². The largest absolute Gasteiger partial charge is 0.495 e. The van der Waals surface area contributed by atoms with Crippen LogP contribution in [0.4, 0.5) is 5.69 Å². The molecule has 2 heterocycles. The molecule has 0 bridgehead atoms. The molecule has 0 aliphatic carbocycles. The van der Waals surface area contributed by atoms with Crippen LogP contribution in [0.25, 0.3) is 11.0 Å². The van der Waals surface area contributed by atoms with Crippen LogP contribution in [-0.4, -0.2) is 22.4 Å². The number of methoxy groups -OCH3 is 1. The third-order valence-corrected chi connectivity index (χ3v) is 5.07. The Kier molecular flexibility index (Phi) is 5.18. The van der Waals surface area contributed by atoms with Crippen LogP contribution in [0.1, 0.15) is 11.3 Å². The molecule has 0 unspecified atom stereocenters. The molecule has 132 valence electrons. The van der Waals surface area contributed by atoms with Crippen LogP contribution in [0, 0.1) is 18.3 Å². The Morgan fingerprint density at radius 2 is 2.23 bits per heavy atom. The number of amides is 1. The second kappa shape index (κ2) is 7.38. The van der Waals surface area contributed by atoms with E-state index in [2.05, 4.69) is 10.3 Å². The van der Waals surface area contributed by atoms with Gasteiger partial charge in [0.25, 0.3) is 5.91 Å². The molecular formula is C17H12Cl2N4O2S. The molecule has 3 aromatic rings. The fourth-order valence-corrected chi connectivity index (χ4v) is 3.46. The van der Waals surface area contributed by atoms with Gasteiger partial charge in [0, 0.05) is 22.7 Å². The third kappa shape index (κ3) is 3.40. The fourth-order valence-electron chi connectivity index (χ4n) is 2.31. The summed E-state index contributed by atoms with van der Waals surface area (Å²) >= 11 is 13.6. The quantitative estimate of drug-likeness (QED) is 0.508. The molecule has 2 aromatic heterocycles. The Balaban J connectivity index is 1.96. The molecule has 9 heteroatoms. The smallest absolute Gasteiger partial charge is 0.266 e. The number of hydrogen-bond donors (Lipinski definition) is 1. The van der Waals surface area contributed by atoms with Crippen molar-refractivity contribution in [2.45, 2.75) is 6.92 Å². The van der Waals surface area contributed by atoms with Crippen molar-refractivity contribution in [3.8, 4) is 11.8 Å². The van der Waals surface area contributed by atoms with E-state index in [1.165, 1.54) is 24.5 Å². The average molecular weight is 407 g/mol. The van der Waals surface area contributed by atoms with Gasteiger partial charge in [0.2, 0.25) is 0 Å². The lowest BCUT2D eigenvalue weighted by atomic mass is 10.1. The van der Waals surface area contributed by atoms with E-state index in [-0.39, 0.29) is 10.7 Å². The summed E-state index contributed by atoms with van der Waals surface area (Å²) in [6.07, 6.45) is 3.17. The molecule has 1 aromatic carbocycles. The van der Waals surface area contributed by atoms with Gasteiger partial charge in [-0.15, -0.1) is 11.3 Å².